The average molecular weight is 286 g/mol. The van der Waals surface area contributed by atoms with E-state index in [1.54, 1.807) is 0 Å². The molecule has 0 saturated heterocycles. The second kappa shape index (κ2) is 8.81. The van der Waals surface area contributed by atoms with Crippen molar-refractivity contribution < 1.29 is 4.39 Å². The average Bonchev–Trinajstić information content (AvgIpc) is 2.52. The van der Waals surface area contributed by atoms with E-state index < -0.39 is 0 Å². The van der Waals surface area contributed by atoms with Crippen LogP contribution in [0.5, 0.6) is 0 Å². The molecule has 0 aromatic heterocycles. The SMILES string of the molecule is CCCCCCCCC1C=CC(c2ccc(F)cc2)=CC1. The number of hydrogen-bond donors (Lipinski definition) is 0. The van der Waals surface area contributed by atoms with Crippen LogP contribution in [0, 0.1) is 11.7 Å². The van der Waals surface area contributed by atoms with Gasteiger partial charge in [0.25, 0.3) is 0 Å². The van der Waals surface area contributed by atoms with Gasteiger partial charge in [-0.05, 0) is 42.0 Å². The van der Waals surface area contributed by atoms with Crippen molar-refractivity contribution in [3.8, 4) is 0 Å². The van der Waals surface area contributed by atoms with Crippen molar-refractivity contribution in [1.29, 1.82) is 0 Å². The summed E-state index contributed by atoms with van der Waals surface area (Å²) in [5.41, 5.74) is 2.35. The number of hydrogen-bond acceptors (Lipinski definition) is 0. The molecule has 0 heterocycles. The van der Waals surface area contributed by atoms with Gasteiger partial charge in [0.2, 0.25) is 0 Å². The molecule has 2 rings (SSSR count). The largest absolute Gasteiger partial charge is 0.207 e. The van der Waals surface area contributed by atoms with Crippen LogP contribution in [0.1, 0.15) is 63.9 Å². The Morgan fingerprint density at radius 3 is 2.38 bits per heavy atom. The summed E-state index contributed by atoms with van der Waals surface area (Å²) >= 11 is 0. The smallest absolute Gasteiger partial charge is 0.123 e. The molecule has 0 fully saturated rings. The molecule has 0 nitrogen and oxygen atoms in total. The molecule has 1 aromatic rings. The third kappa shape index (κ3) is 5.49. The van der Waals surface area contributed by atoms with Gasteiger partial charge in [-0.2, -0.15) is 0 Å². The molecular weight excluding hydrogens is 259 g/mol. The summed E-state index contributed by atoms with van der Waals surface area (Å²) < 4.78 is 12.9. The highest BCUT2D eigenvalue weighted by Crippen LogP contribution is 2.27. The Morgan fingerprint density at radius 2 is 1.71 bits per heavy atom. The summed E-state index contributed by atoms with van der Waals surface area (Å²) in [5, 5.41) is 0. The van der Waals surface area contributed by atoms with Crippen molar-refractivity contribution in [2.75, 3.05) is 0 Å². The topological polar surface area (TPSA) is 0 Å². The zero-order chi connectivity index (χ0) is 14.9. The number of benzene rings is 1. The highest BCUT2D eigenvalue weighted by molar-refractivity contribution is 5.74. The Bertz CT molecular complexity index is 467. The summed E-state index contributed by atoms with van der Waals surface area (Å²) in [4.78, 5) is 0. The van der Waals surface area contributed by atoms with E-state index in [4.69, 9.17) is 0 Å². The van der Waals surface area contributed by atoms with Crippen molar-refractivity contribution in [2.24, 2.45) is 5.92 Å². The van der Waals surface area contributed by atoms with Crippen molar-refractivity contribution in [1.82, 2.24) is 0 Å². The highest BCUT2D eigenvalue weighted by Gasteiger charge is 2.09. The second-order valence-corrected chi connectivity index (χ2v) is 6.08. The van der Waals surface area contributed by atoms with E-state index in [0.717, 1.165) is 12.0 Å². The van der Waals surface area contributed by atoms with Crippen LogP contribution < -0.4 is 0 Å². The van der Waals surface area contributed by atoms with Crippen LogP contribution in [-0.4, -0.2) is 0 Å². The van der Waals surface area contributed by atoms with Gasteiger partial charge in [-0.3, -0.25) is 0 Å². The molecule has 0 amide bonds. The van der Waals surface area contributed by atoms with Gasteiger partial charge in [0.15, 0.2) is 0 Å². The fourth-order valence-corrected chi connectivity index (χ4v) is 2.92. The minimum atomic E-state index is -0.167. The molecule has 1 unspecified atom stereocenters. The van der Waals surface area contributed by atoms with Gasteiger partial charge < -0.3 is 0 Å². The van der Waals surface area contributed by atoms with E-state index in [-0.39, 0.29) is 5.82 Å². The second-order valence-electron chi connectivity index (χ2n) is 6.08. The molecule has 1 heteroatoms. The Kier molecular flexibility index (Phi) is 6.72. The number of halogens is 1. The molecule has 21 heavy (non-hydrogen) atoms. The van der Waals surface area contributed by atoms with Crippen LogP contribution in [0.3, 0.4) is 0 Å². The van der Waals surface area contributed by atoms with Gasteiger partial charge in [-0.25, -0.2) is 4.39 Å². The van der Waals surface area contributed by atoms with Crippen molar-refractivity contribution in [2.45, 2.75) is 58.3 Å². The third-order valence-electron chi connectivity index (χ3n) is 4.29. The maximum absolute atomic E-state index is 12.9. The number of unbranched alkanes of at least 4 members (excludes halogenated alkanes) is 5. The maximum Gasteiger partial charge on any atom is 0.123 e. The molecule has 0 N–H and O–H groups in total. The van der Waals surface area contributed by atoms with Crippen LogP contribution in [0.4, 0.5) is 4.39 Å². The molecule has 0 radical (unpaired) electrons. The van der Waals surface area contributed by atoms with Gasteiger partial charge in [-0.15, -0.1) is 0 Å². The molecule has 0 spiro atoms. The van der Waals surface area contributed by atoms with E-state index in [0.29, 0.717) is 5.92 Å². The van der Waals surface area contributed by atoms with Crippen LogP contribution >= 0.6 is 0 Å². The monoisotopic (exact) mass is 286 g/mol. The minimum Gasteiger partial charge on any atom is -0.207 e. The van der Waals surface area contributed by atoms with Crippen molar-refractivity contribution >= 4 is 5.57 Å². The van der Waals surface area contributed by atoms with Crippen LogP contribution in [0.25, 0.3) is 5.57 Å². The van der Waals surface area contributed by atoms with E-state index in [1.807, 2.05) is 12.1 Å². The van der Waals surface area contributed by atoms with E-state index >= 15 is 0 Å². The first kappa shape index (κ1) is 16.0. The lowest BCUT2D eigenvalue weighted by Crippen LogP contribution is -2.00. The summed E-state index contributed by atoms with van der Waals surface area (Å²) in [5.74, 6) is 0.528. The van der Waals surface area contributed by atoms with Crippen LogP contribution in [-0.2, 0) is 0 Å². The molecule has 0 bridgehead atoms. The number of rotatable bonds is 8. The normalized spacial score (nSPS) is 17.8. The molecule has 1 atom stereocenters. The Hall–Kier alpha value is -1.37. The first-order valence-corrected chi connectivity index (χ1v) is 8.44. The molecule has 1 aliphatic carbocycles. The fraction of sp³-hybridized carbons (Fsp3) is 0.500. The van der Waals surface area contributed by atoms with E-state index in [2.05, 4.69) is 25.2 Å². The quantitative estimate of drug-likeness (QED) is 0.476. The summed E-state index contributed by atoms with van der Waals surface area (Å²) in [7, 11) is 0. The molecule has 114 valence electrons. The summed E-state index contributed by atoms with van der Waals surface area (Å²) in [6.45, 7) is 2.26. The van der Waals surface area contributed by atoms with Gasteiger partial charge >= 0.3 is 0 Å². The molecule has 1 aromatic carbocycles. The van der Waals surface area contributed by atoms with E-state index in [9.17, 15) is 4.39 Å². The lowest BCUT2D eigenvalue weighted by molar-refractivity contribution is 0.520. The lowest BCUT2D eigenvalue weighted by atomic mass is 9.89. The van der Waals surface area contributed by atoms with Gasteiger partial charge in [-0.1, -0.05) is 75.8 Å². The lowest BCUT2D eigenvalue weighted by Gasteiger charge is -2.16. The zero-order valence-electron chi connectivity index (χ0n) is 13.2. The predicted octanol–water partition coefficient (Wildman–Crippen LogP) is 6.54. The first-order chi connectivity index (χ1) is 10.3. The summed E-state index contributed by atoms with van der Waals surface area (Å²) in [6, 6.07) is 6.79. The standard InChI is InChI=1S/C20H27F/c1-2-3-4-5-6-7-8-17-9-11-18(12-10-17)19-13-15-20(21)16-14-19/h9,11-17H,2-8,10H2,1H3. The van der Waals surface area contributed by atoms with Gasteiger partial charge in [0.1, 0.15) is 5.82 Å². The minimum absolute atomic E-state index is 0.167. The van der Waals surface area contributed by atoms with Gasteiger partial charge in [0, 0.05) is 0 Å². The summed E-state index contributed by atoms with van der Waals surface area (Å²) in [6.07, 6.45) is 17.5. The molecule has 0 aliphatic heterocycles. The Labute approximate surface area is 128 Å². The van der Waals surface area contributed by atoms with Crippen LogP contribution in [0.2, 0.25) is 0 Å². The molecule has 1 aliphatic rings. The fourth-order valence-electron chi connectivity index (χ4n) is 2.92. The highest BCUT2D eigenvalue weighted by atomic mass is 19.1. The van der Waals surface area contributed by atoms with Crippen molar-refractivity contribution in [3.05, 3.63) is 53.9 Å². The predicted molar refractivity (Wildman–Crippen MR) is 89.6 cm³/mol. The van der Waals surface area contributed by atoms with Crippen molar-refractivity contribution in [3.63, 3.8) is 0 Å². The van der Waals surface area contributed by atoms with E-state index in [1.165, 1.54) is 62.7 Å². The molecular formula is C20H27F. The molecule has 0 saturated carbocycles. The Balaban J connectivity index is 1.70. The Morgan fingerprint density at radius 1 is 1.00 bits per heavy atom. The zero-order valence-corrected chi connectivity index (χ0v) is 13.2. The third-order valence-corrected chi connectivity index (χ3v) is 4.29. The number of allylic oxidation sites excluding steroid dienone is 4. The van der Waals surface area contributed by atoms with Gasteiger partial charge in [0.05, 0.1) is 0 Å². The first-order valence-electron chi connectivity index (χ1n) is 8.44. The maximum atomic E-state index is 12.9. The van der Waals surface area contributed by atoms with Crippen LogP contribution in [0.15, 0.2) is 42.5 Å².